The number of aliphatic carboxylic acids is 1. The second kappa shape index (κ2) is 15.3. The number of hydrogen-bond donors (Lipinski definition) is 4. The van der Waals surface area contributed by atoms with Crippen LogP contribution in [-0.4, -0.2) is 47.0 Å². The summed E-state index contributed by atoms with van der Waals surface area (Å²) in [6.45, 7) is 1.47. The molecule has 0 fully saturated rings. The maximum atomic E-state index is 13.4. The van der Waals surface area contributed by atoms with E-state index in [1.165, 1.54) is 11.1 Å². The lowest BCUT2D eigenvalue weighted by Gasteiger charge is -2.36. The van der Waals surface area contributed by atoms with Crippen LogP contribution in [0.1, 0.15) is 54.8 Å². The van der Waals surface area contributed by atoms with Crippen molar-refractivity contribution in [3.05, 3.63) is 100 Å². The van der Waals surface area contributed by atoms with Crippen molar-refractivity contribution in [1.82, 2.24) is 15.5 Å². The number of rotatable bonds is 13. The second-order valence-electron chi connectivity index (χ2n) is 10.3. The molecule has 1 aliphatic rings. The van der Waals surface area contributed by atoms with Crippen LogP contribution in [0.15, 0.2) is 83.3 Å². The van der Waals surface area contributed by atoms with Crippen LogP contribution in [0.4, 0.5) is 10.5 Å². The second-order valence-corrected chi connectivity index (χ2v) is 11.2. The average molecular weight is 622 g/mol. The number of amides is 3. The summed E-state index contributed by atoms with van der Waals surface area (Å²) in [6.07, 6.45) is 4.01. The summed E-state index contributed by atoms with van der Waals surface area (Å²) in [7, 11) is 0. The topological polar surface area (TPSA) is 111 Å². The molecule has 3 aromatic carbocycles. The molecule has 0 aliphatic heterocycles. The largest absolute Gasteiger partial charge is 0.481 e. The minimum Gasteiger partial charge on any atom is -0.481 e. The van der Waals surface area contributed by atoms with Gasteiger partial charge in [0.1, 0.15) is 6.04 Å². The number of aryl methyl sites for hydroxylation is 1. The molecule has 3 aromatic rings. The van der Waals surface area contributed by atoms with Crippen LogP contribution in [-0.2, 0) is 22.6 Å². The monoisotopic (exact) mass is 620 g/mol. The van der Waals surface area contributed by atoms with Gasteiger partial charge in [-0.05, 0) is 79.6 Å². The van der Waals surface area contributed by atoms with Crippen molar-refractivity contribution in [2.45, 2.75) is 57.2 Å². The molecule has 2 atom stereocenters. The van der Waals surface area contributed by atoms with E-state index in [1.807, 2.05) is 48.5 Å². The third-order valence-electron chi connectivity index (χ3n) is 7.35. The number of carboxylic acids is 1. The number of urea groups is 1. The van der Waals surface area contributed by atoms with Crippen molar-refractivity contribution in [1.29, 1.82) is 0 Å². The van der Waals surface area contributed by atoms with Crippen molar-refractivity contribution >= 4 is 39.5 Å². The molecule has 4 N–H and O–H groups in total. The molecule has 0 spiro atoms. The molecule has 0 bridgehead atoms. The minimum atomic E-state index is -0.821. The number of hydrogen-bond acceptors (Lipinski definition) is 4. The van der Waals surface area contributed by atoms with Crippen molar-refractivity contribution in [3.8, 4) is 0 Å². The number of carbonyl (C=O) groups excluding carboxylic acids is 2. The highest BCUT2D eigenvalue weighted by Gasteiger charge is 2.28. The number of nitrogens with one attached hydrogen (secondary N) is 3. The Morgan fingerprint density at radius 1 is 0.951 bits per heavy atom. The van der Waals surface area contributed by atoms with Gasteiger partial charge in [0.2, 0.25) is 5.91 Å². The van der Waals surface area contributed by atoms with Gasteiger partial charge in [-0.2, -0.15) is 0 Å². The van der Waals surface area contributed by atoms with Gasteiger partial charge in [0.25, 0.3) is 0 Å². The molecule has 41 heavy (non-hydrogen) atoms. The SMILES string of the molecule is O=C(O)CCCN(CC[C@@H](NC(=O)Nc1ccc(Br)cc1)C(=O)NCc1ccccc1)C1CCCc2ccccc21. The number of benzene rings is 3. The van der Waals surface area contributed by atoms with Crippen LogP contribution in [0.5, 0.6) is 0 Å². The molecule has 0 saturated heterocycles. The van der Waals surface area contributed by atoms with Crippen molar-refractivity contribution in [2.24, 2.45) is 0 Å². The fourth-order valence-electron chi connectivity index (χ4n) is 5.30. The number of anilines is 1. The normalized spacial score (nSPS) is 15.0. The summed E-state index contributed by atoms with van der Waals surface area (Å²) >= 11 is 3.39. The third kappa shape index (κ3) is 9.43. The lowest BCUT2D eigenvalue weighted by Crippen LogP contribution is -2.49. The molecule has 216 valence electrons. The molecule has 4 rings (SSSR count). The molecule has 0 saturated carbocycles. The van der Waals surface area contributed by atoms with E-state index < -0.39 is 18.0 Å². The molecule has 1 unspecified atom stereocenters. The number of fused-ring (bicyclic) bond motifs is 1. The fraction of sp³-hybridized carbons (Fsp3) is 0.344. The Bertz CT molecular complexity index is 1300. The molecule has 8 nitrogen and oxygen atoms in total. The Balaban J connectivity index is 1.48. The smallest absolute Gasteiger partial charge is 0.319 e. The van der Waals surface area contributed by atoms with Gasteiger partial charge in [-0.15, -0.1) is 0 Å². The van der Waals surface area contributed by atoms with Crippen molar-refractivity contribution < 1.29 is 19.5 Å². The van der Waals surface area contributed by atoms with E-state index in [1.54, 1.807) is 12.1 Å². The maximum Gasteiger partial charge on any atom is 0.319 e. The zero-order valence-electron chi connectivity index (χ0n) is 23.0. The summed E-state index contributed by atoms with van der Waals surface area (Å²) in [5, 5.41) is 17.9. The Morgan fingerprint density at radius 3 is 2.44 bits per heavy atom. The number of carboxylic acid groups (broad SMARTS) is 1. The first-order valence-electron chi connectivity index (χ1n) is 14.1. The summed E-state index contributed by atoms with van der Waals surface area (Å²) in [5.74, 6) is -1.09. The Kier molecular flexibility index (Phi) is 11.3. The number of halogens is 1. The lowest BCUT2D eigenvalue weighted by atomic mass is 9.86. The van der Waals surface area contributed by atoms with Gasteiger partial charge >= 0.3 is 12.0 Å². The molecular formula is C32H37BrN4O4. The third-order valence-corrected chi connectivity index (χ3v) is 7.88. The van der Waals surface area contributed by atoms with Gasteiger partial charge in [-0.1, -0.05) is 70.5 Å². The number of nitrogens with zero attached hydrogens (tertiary/aromatic N) is 1. The van der Waals surface area contributed by atoms with Gasteiger partial charge in [-0.3, -0.25) is 14.5 Å². The standard InChI is InChI=1S/C32H37BrN4O4/c33-25-15-17-26(18-16-25)35-32(41)36-28(31(40)34-22-23-8-2-1-3-9-23)19-21-37(20-7-14-30(38)39)29-13-6-11-24-10-4-5-12-27(24)29/h1-5,8-10,12,15-18,28-29H,6-7,11,13-14,19-22H2,(H,34,40)(H,38,39)(H2,35,36,41)/t28-,29?/m1/s1. The van der Waals surface area contributed by atoms with Gasteiger partial charge in [0.15, 0.2) is 0 Å². The van der Waals surface area contributed by atoms with Gasteiger partial charge < -0.3 is 21.1 Å². The molecule has 1 aliphatic carbocycles. The van der Waals surface area contributed by atoms with Crippen LogP contribution < -0.4 is 16.0 Å². The van der Waals surface area contributed by atoms with E-state index >= 15 is 0 Å². The van der Waals surface area contributed by atoms with Crippen LogP contribution >= 0.6 is 15.9 Å². The van der Waals surface area contributed by atoms with E-state index in [-0.39, 0.29) is 18.4 Å². The van der Waals surface area contributed by atoms with E-state index in [2.05, 4.69) is 55.0 Å². The Morgan fingerprint density at radius 2 is 1.68 bits per heavy atom. The van der Waals surface area contributed by atoms with E-state index in [0.717, 1.165) is 29.3 Å². The van der Waals surface area contributed by atoms with Crippen LogP contribution in [0.3, 0.4) is 0 Å². The molecule has 9 heteroatoms. The molecular weight excluding hydrogens is 584 g/mol. The average Bonchev–Trinajstić information content (AvgIpc) is 2.98. The molecule has 0 aromatic heterocycles. The van der Waals surface area contributed by atoms with Crippen LogP contribution in [0.25, 0.3) is 0 Å². The summed E-state index contributed by atoms with van der Waals surface area (Å²) in [4.78, 5) is 39.9. The highest BCUT2D eigenvalue weighted by atomic mass is 79.9. The Hall–Kier alpha value is -3.69. The molecule has 3 amide bonds. The zero-order chi connectivity index (χ0) is 29.0. The maximum absolute atomic E-state index is 13.4. The van der Waals surface area contributed by atoms with Gasteiger partial charge in [0.05, 0.1) is 0 Å². The van der Waals surface area contributed by atoms with Gasteiger partial charge in [-0.25, -0.2) is 4.79 Å². The van der Waals surface area contributed by atoms with Crippen LogP contribution in [0.2, 0.25) is 0 Å². The van der Waals surface area contributed by atoms with Crippen molar-refractivity contribution in [2.75, 3.05) is 18.4 Å². The van der Waals surface area contributed by atoms with E-state index in [4.69, 9.17) is 0 Å². The lowest BCUT2D eigenvalue weighted by molar-refractivity contribution is -0.137. The zero-order valence-corrected chi connectivity index (χ0v) is 24.6. The first-order valence-corrected chi connectivity index (χ1v) is 14.9. The predicted octanol–water partition coefficient (Wildman–Crippen LogP) is 5.89. The highest BCUT2D eigenvalue weighted by molar-refractivity contribution is 9.10. The van der Waals surface area contributed by atoms with E-state index in [9.17, 15) is 19.5 Å². The van der Waals surface area contributed by atoms with Crippen LogP contribution in [0, 0.1) is 0 Å². The first-order chi connectivity index (χ1) is 19.9. The Labute approximate surface area is 249 Å². The minimum absolute atomic E-state index is 0.0830. The summed E-state index contributed by atoms with van der Waals surface area (Å²) in [5.41, 5.74) is 4.16. The highest BCUT2D eigenvalue weighted by Crippen LogP contribution is 2.34. The summed E-state index contributed by atoms with van der Waals surface area (Å²) < 4.78 is 0.897. The van der Waals surface area contributed by atoms with Crippen molar-refractivity contribution in [3.63, 3.8) is 0 Å². The molecule has 0 heterocycles. The first kappa shape index (κ1) is 30.3. The molecule has 0 radical (unpaired) electrons. The van der Waals surface area contributed by atoms with E-state index in [0.29, 0.717) is 38.2 Å². The fourth-order valence-corrected chi connectivity index (χ4v) is 5.56. The van der Waals surface area contributed by atoms with Gasteiger partial charge in [0, 0.05) is 35.7 Å². The predicted molar refractivity (Wildman–Crippen MR) is 164 cm³/mol. The quantitative estimate of drug-likeness (QED) is 0.190. The summed E-state index contributed by atoms with van der Waals surface area (Å²) in [6, 6.07) is 24.1. The number of carbonyl (C=O) groups is 3.